The van der Waals surface area contributed by atoms with Gasteiger partial charge in [0.25, 0.3) is 5.91 Å². The summed E-state index contributed by atoms with van der Waals surface area (Å²) in [6.07, 6.45) is 1.74. The number of halogens is 2. The number of carbonyl (C=O) groups is 1. The van der Waals surface area contributed by atoms with Gasteiger partial charge in [-0.2, -0.15) is 4.31 Å². The van der Waals surface area contributed by atoms with E-state index in [2.05, 4.69) is 5.32 Å². The molecule has 1 aromatic heterocycles. The van der Waals surface area contributed by atoms with Crippen LogP contribution in [0.25, 0.3) is 10.1 Å². The number of nitrogens with zero attached hydrogens (tertiary/aromatic N) is 1. The third-order valence-electron chi connectivity index (χ3n) is 4.61. The molecule has 2 heterocycles. The van der Waals surface area contributed by atoms with Crippen LogP contribution < -0.4 is 5.32 Å². The summed E-state index contributed by atoms with van der Waals surface area (Å²) in [6.45, 7) is 1.07. The van der Waals surface area contributed by atoms with Gasteiger partial charge in [-0.1, -0.05) is 11.6 Å². The molecular formula is C19H16ClFN2O3S2. The average molecular weight is 439 g/mol. The lowest BCUT2D eigenvalue weighted by Crippen LogP contribution is -2.27. The number of thiophene rings is 1. The van der Waals surface area contributed by atoms with Crippen LogP contribution in [0.5, 0.6) is 0 Å². The first-order valence-electron chi connectivity index (χ1n) is 8.65. The van der Waals surface area contributed by atoms with Gasteiger partial charge in [0.2, 0.25) is 10.0 Å². The van der Waals surface area contributed by atoms with Gasteiger partial charge in [0.05, 0.1) is 9.92 Å². The van der Waals surface area contributed by atoms with Crippen LogP contribution >= 0.6 is 22.9 Å². The quantitative estimate of drug-likeness (QED) is 0.640. The molecule has 9 heteroatoms. The second-order valence-electron chi connectivity index (χ2n) is 6.48. The smallest absolute Gasteiger partial charge is 0.267 e. The van der Waals surface area contributed by atoms with E-state index in [1.165, 1.54) is 34.6 Å². The Labute approximate surface area is 170 Å². The van der Waals surface area contributed by atoms with Gasteiger partial charge in [0.15, 0.2) is 0 Å². The van der Waals surface area contributed by atoms with Crippen molar-refractivity contribution in [3.63, 3.8) is 0 Å². The highest BCUT2D eigenvalue weighted by Gasteiger charge is 2.27. The van der Waals surface area contributed by atoms with E-state index < -0.39 is 21.7 Å². The Morgan fingerprint density at radius 3 is 2.46 bits per heavy atom. The predicted octanol–water partition coefficient (Wildman–Crippen LogP) is 4.73. The normalized spacial score (nSPS) is 15.2. The summed E-state index contributed by atoms with van der Waals surface area (Å²) in [6, 6.07) is 10.2. The van der Waals surface area contributed by atoms with Gasteiger partial charge >= 0.3 is 0 Å². The summed E-state index contributed by atoms with van der Waals surface area (Å²) >= 11 is 7.37. The Bertz CT molecular complexity index is 1150. The Kier molecular flexibility index (Phi) is 5.13. The molecule has 146 valence electrons. The Morgan fingerprint density at radius 2 is 1.79 bits per heavy atom. The number of anilines is 1. The molecule has 0 unspecified atom stereocenters. The summed E-state index contributed by atoms with van der Waals surface area (Å²) in [7, 11) is -3.50. The van der Waals surface area contributed by atoms with Crippen molar-refractivity contribution in [3.8, 4) is 0 Å². The van der Waals surface area contributed by atoms with Crippen LogP contribution in [0, 0.1) is 5.82 Å². The van der Waals surface area contributed by atoms with Gasteiger partial charge in [0, 0.05) is 28.9 Å². The summed E-state index contributed by atoms with van der Waals surface area (Å²) in [4.78, 5) is 13.0. The van der Waals surface area contributed by atoms with E-state index in [1.807, 2.05) is 0 Å². The fraction of sp³-hybridized carbons (Fsp3) is 0.211. The molecule has 0 spiro atoms. The number of carbonyl (C=O) groups excluding carboxylic acids is 1. The first kappa shape index (κ1) is 19.3. The second kappa shape index (κ2) is 7.44. The van der Waals surface area contributed by atoms with Crippen LogP contribution in [0.3, 0.4) is 0 Å². The van der Waals surface area contributed by atoms with Crippen LogP contribution in [0.2, 0.25) is 5.02 Å². The van der Waals surface area contributed by atoms with Crippen LogP contribution in [-0.2, 0) is 10.0 Å². The zero-order valence-electron chi connectivity index (χ0n) is 14.6. The van der Waals surface area contributed by atoms with E-state index in [0.29, 0.717) is 28.9 Å². The highest BCUT2D eigenvalue weighted by atomic mass is 35.5. The molecule has 2 aromatic carbocycles. The monoisotopic (exact) mass is 438 g/mol. The van der Waals surface area contributed by atoms with E-state index in [0.717, 1.165) is 24.2 Å². The van der Waals surface area contributed by atoms with Crippen molar-refractivity contribution in [1.29, 1.82) is 0 Å². The van der Waals surface area contributed by atoms with Gasteiger partial charge in [-0.05, 0) is 55.3 Å². The molecular weight excluding hydrogens is 423 g/mol. The lowest BCUT2D eigenvalue weighted by atomic mass is 10.2. The highest BCUT2D eigenvalue weighted by Crippen LogP contribution is 2.36. The maximum Gasteiger partial charge on any atom is 0.267 e. The Morgan fingerprint density at radius 1 is 1.11 bits per heavy atom. The van der Waals surface area contributed by atoms with E-state index in [4.69, 9.17) is 11.6 Å². The number of rotatable bonds is 4. The van der Waals surface area contributed by atoms with E-state index >= 15 is 0 Å². The highest BCUT2D eigenvalue weighted by molar-refractivity contribution is 7.89. The first-order chi connectivity index (χ1) is 13.4. The largest absolute Gasteiger partial charge is 0.321 e. The zero-order valence-corrected chi connectivity index (χ0v) is 17.0. The predicted molar refractivity (Wildman–Crippen MR) is 109 cm³/mol. The Hall–Kier alpha value is -2.00. The van der Waals surface area contributed by atoms with Gasteiger partial charge in [-0.15, -0.1) is 11.3 Å². The molecule has 4 rings (SSSR count). The van der Waals surface area contributed by atoms with Crippen LogP contribution in [0.15, 0.2) is 47.4 Å². The van der Waals surface area contributed by atoms with Gasteiger partial charge in [-0.25, -0.2) is 12.8 Å². The van der Waals surface area contributed by atoms with Crippen LogP contribution in [0.4, 0.5) is 10.1 Å². The summed E-state index contributed by atoms with van der Waals surface area (Å²) < 4.78 is 40.5. The molecule has 1 amide bonds. The molecule has 0 atom stereocenters. The average Bonchev–Trinajstić information content (AvgIpc) is 3.31. The lowest BCUT2D eigenvalue weighted by Gasteiger charge is -2.15. The van der Waals surface area contributed by atoms with Crippen molar-refractivity contribution < 1.29 is 17.6 Å². The minimum atomic E-state index is -3.50. The third kappa shape index (κ3) is 3.53. The van der Waals surface area contributed by atoms with Crippen molar-refractivity contribution >= 4 is 54.6 Å². The summed E-state index contributed by atoms with van der Waals surface area (Å²) in [5.74, 6) is -0.825. The number of benzene rings is 2. The number of sulfonamides is 1. The third-order valence-corrected chi connectivity index (χ3v) is 8.18. The van der Waals surface area contributed by atoms with Crippen LogP contribution in [-0.4, -0.2) is 31.7 Å². The van der Waals surface area contributed by atoms with E-state index in [-0.39, 0.29) is 14.8 Å². The number of amides is 1. The molecule has 1 saturated heterocycles. The van der Waals surface area contributed by atoms with Gasteiger partial charge in [-0.3, -0.25) is 4.79 Å². The van der Waals surface area contributed by atoms with Crippen molar-refractivity contribution in [1.82, 2.24) is 4.31 Å². The molecule has 1 aliphatic rings. The zero-order chi connectivity index (χ0) is 19.9. The number of fused-ring (bicyclic) bond motifs is 1. The summed E-state index contributed by atoms with van der Waals surface area (Å²) in [5, 5.41) is 3.59. The number of hydrogen-bond donors (Lipinski definition) is 1. The molecule has 0 radical (unpaired) electrons. The van der Waals surface area contributed by atoms with Gasteiger partial charge in [0.1, 0.15) is 10.7 Å². The minimum Gasteiger partial charge on any atom is -0.321 e. The van der Waals surface area contributed by atoms with Crippen molar-refractivity contribution in [2.45, 2.75) is 17.7 Å². The maximum atomic E-state index is 13.4. The number of hydrogen-bond acceptors (Lipinski definition) is 4. The molecule has 1 aliphatic heterocycles. The van der Waals surface area contributed by atoms with Crippen molar-refractivity contribution in [3.05, 3.63) is 58.2 Å². The first-order valence-corrected chi connectivity index (χ1v) is 11.3. The molecule has 3 aromatic rings. The molecule has 5 nitrogen and oxygen atoms in total. The fourth-order valence-electron chi connectivity index (χ4n) is 3.16. The standard InChI is InChI=1S/C19H16ClFN2O3S2/c20-17-15-8-3-12(21)11-16(15)27-18(17)19(24)22-13-4-6-14(7-5-13)28(25,26)23-9-1-2-10-23/h3-8,11H,1-2,9-10H2,(H,22,24). The molecule has 1 fully saturated rings. The minimum absolute atomic E-state index is 0.197. The van der Waals surface area contributed by atoms with Crippen molar-refractivity contribution in [2.24, 2.45) is 0 Å². The van der Waals surface area contributed by atoms with Gasteiger partial charge < -0.3 is 5.32 Å². The van der Waals surface area contributed by atoms with Crippen molar-refractivity contribution in [2.75, 3.05) is 18.4 Å². The van der Waals surface area contributed by atoms with E-state index in [9.17, 15) is 17.6 Å². The SMILES string of the molecule is O=C(Nc1ccc(S(=O)(=O)N2CCCC2)cc1)c1sc2cc(F)ccc2c1Cl. The van der Waals surface area contributed by atoms with E-state index in [1.54, 1.807) is 12.1 Å². The molecule has 1 N–H and O–H groups in total. The Balaban J connectivity index is 1.55. The second-order valence-corrected chi connectivity index (χ2v) is 9.84. The molecule has 0 bridgehead atoms. The number of nitrogens with one attached hydrogen (secondary N) is 1. The lowest BCUT2D eigenvalue weighted by molar-refractivity contribution is 0.103. The maximum absolute atomic E-state index is 13.4. The topological polar surface area (TPSA) is 66.5 Å². The molecule has 28 heavy (non-hydrogen) atoms. The fourth-order valence-corrected chi connectivity index (χ4v) is 6.11. The van der Waals surface area contributed by atoms with Crippen LogP contribution in [0.1, 0.15) is 22.5 Å². The summed E-state index contributed by atoms with van der Waals surface area (Å²) in [5.41, 5.74) is 0.449. The molecule has 0 saturated carbocycles. The molecule has 0 aliphatic carbocycles.